The lowest BCUT2D eigenvalue weighted by atomic mass is 10.0. The number of anilines is 1. The van der Waals surface area contributed by atoms with Crippen LogP contribution in [0, 0.1) is 0 Å². The summed E-state index contributed by atoms with van der Waals surface area (Å²) < 4.78 is 25.5. The second-order valence-corrected chi connectivity index (χ2v) is 10.8. The third-order valence-corrected chi connectivity index (χ3v) is 7.39. The third-order valence-electron chi connectivity index (χ3n) is 4.87. The van der Waals surface area contributed by atoms with Crippen LogP contribution in [0.5, 0.6) is 0 Å². The molecule has 0 aliphatic heterocycles. The fourth-order valence-corrected chi connectivity index (χ4v) is 5.34. The van der Waals surface area contributed by atoms with Gasteiger partial charge in [0, 0.05) is 17.5 Å². The molecular weight excluding hydrogens is 380 g/mol. The Balaban J connectivity index is 1.86. The molecule has 2 rings (SSSR count). The van der Waals surface area contributed by atoms with Crippen molar-refractivity contribution in [3.05, 3.63) is 29.8 Å². The van der Waals surface area contributed by atoms with E-state index < -0.39 is 10.0 Å². The number of carbonyl (C=O) groups excluding carboxylic acids is 1. The number of rotatable bonds is 9. The molecular formula is C20H32N2O3S2. The summed E-state index contributed by atoms with van der Waals surface area (Å²) in [5.74, 6) is 0.978. The summed E-state index contributed by atoms with van der Waals surface area (Å²) in [5, 5.41) is 3.57. The maximum atomic E-state index is 12.3. The Morgan fingerprint density at radius 3 is 2.37 bits per heavy atom. The van der Waals surface area contributed by atoms with Gasteiger partial charge in [-0.2, -0.15) is 11.8 Å². The van der Waals surface area contributed by atoms with Gasteiger partial charge in [-0.15, -0.1) is 0 Å². The fraction of sp³-hybridized carbons (Fsp3) is 0.650. The van der Waals surface area contributed by atoms with Crippen LogP contribution in [0.25, 0.3) is 0 Å². The molecule has 152 valence electrons. The van der Waals surface area contributed by atoms with Crippen LogP contribution in [0.4, 0.5) is 5.69 Å². The maximum Gasteiger partial charge on any atom is 0.240 e. The molecule has 0 spiro atoms. The van der Waals surface area contributed by atoms with Crippen LogP contribution in [0.15, 0.2) is 24.3 Å². The Labute approximate surface area is 168 Å². The minimum Gasteiger partial charge on any atom is -0.354 e. The highest BCUT2D eigenvalue weighted by molar-refractivity contribution is 7.99. The van der Waals surface area contributed by atoms with Crippen molar-refractivity contribution in [1.82, 2.24) is 5.32 Å². The smallest absolute Gasteiger partial charge is 0.240 e. The second kappa shape index (κ2) is 10.4. The predicted molar refractivity (Wildman–Crippen MR) is 115 cm³/mol. The molecule has 0 atom stereocenters. The topological polar surface area (TPSA) is 66.5 Å². The average molecular weight is 413 g/mol. The summed E-state index contributed by atoms with van der Waals surface area (Å²) in [6, 6.07) is 7.36. The van der Waals surface area contributed by atoms with E-state index >= 15 is 0 Å². The van der Waals surface area contributed by atoms with Crippen molar-refractivity contribution in [3.8, 4) is 0 Å². The summed E-state index contributed by atoms with van der Waals surface area (Å²) in [7, 11) is -3.53. The van der Waals surface area contributed by atoms with E-state index in [-0.39, 0.29) is 12.5 Å². The van der Waals surface area contributed by atoms with E-state index in [1.54, 1.807) is 12.1 Å². The molecule has 5 nitrogen and oxygen atoms in total. The van der Waals surface area contributed by atoms with Crippen molar-refractivity contribution in [2.45, 2.75) is 57.1 Å². The Morgan fingerprint density at radius 1 is 1.19 bits per heavy atom. The molecule has 1 aliphatic rings. The zero-order chi connectivity index (χ0) is 19.9. The second-order valence-electron chi connectivity index (χ2n) is 7.50. The fourth-order valence-electron chi connectivity index (χ4n) is 3.26. The van der Waals surface area contributed by atoms with Gasteiger partial charge >= 0.3 is 0 Å². The van der Waals surface area contributed by atoms with E-state index in [9.17, 15) is 13.2 Å². The zero-order valence-corrected chi connectivity index (χ0v) is 18.2. The SMILES string of the molecule is CC(C)c1ccc(N(CC(=O)NCCSC2CCCCC2)S(C)(=O)=O)cc1. The molecule has 0 heterocycles. The number of carbonyl (C=O) groups is 1. The number of hydrogen-bond donors (Lipinski definition) is 1. The standard InChI is InChI=1S/C20H32N2O3S2/c1-16(2)17-9-11-18(12-10-17)22(27(3,24)25)15-20(23)21-13-14-26-19-7-5-4-6-8-19/h9-12,16,19H,4-8,13-15H2,1-3H3,(H,21,23). The quantitative estimate of drug-likeness (QED) is 0.627. The molecule has 7 heteroatoms. The molecule has 0 unspecified atom stereocenters. The van der Waals surface area contributed by atoms with Gasteiger partial charge in [0.05, 0.1) is 11.9 Å². The molecule has 1 fully saturated rings. The van der Waals surface area contributed by atoms with Gasteiger partial charge < -0.3 is 5.32 Å². The normalized spacial score (nSPS) is 15.7. The summed E-state index contributed by atoms with van der Waals surface area (Å²) >= 11 is 1.92. The molecule has 1 aromatic rings. The highest BCUT2D eigenvalue weighted by Gasteiger charge is 2.21. The molecule has 1 saturated carbocycles. The molecule has 1 aliphatic carbocycles. The predicted octanol–water partition coefficient (Wildman–Crippen LogP) is 3.76. The van der Waals surface area contributed by atoms with Crippen LogP contribution in [0.3, 0.4) is 0 Å². The van der Waals surface area contributed by atoms with Gasteiger partial charge in [-0.1, -0.05) is 45.2 Å². The van der Waals surface area contributed by atoms with Crippen LogP contribution < -0.4 is 9.62 Å². The summed E-state index contributed by atoms with van der Waals surface area (Å²) in [5.41, 5.74) is 1.66. The molecule has 1 N–H and O–H groups in total. The van der Waals surface area contributed by atoms with Crippen molar-refractivity contribution in [1.29, 1.82) is 0 Å². The first kappa shape index (κ1) is 22.1. The van der Waals surface area contributed by atoms with E-state index in [0.29, 0.717) is 23.4 Å². The van der Waals surface area contributed by atoms with Crippen molar-refractivity contribution >= 4 is 33.4 Å². The van der Waals surface area contributed by atoms with Crippen molar-refractivity contribution < 1.29 is 13.2 Å². The number of thioether (sulfide) groups is 1. The Kier molecular flexibility index (Phi) is 8.48. The van der Waals surface area contributed by atoms with Gasteiger partial charge in [-0.3, -0.25) is 9.10 Å². The van der Waals surface area contributed by atoms with Crippen LogP contribution in [0.2, 0.25) is 0 Å². The third kappa shape index (κ3) is 7.37. The van der Waals surface area contributed by atoms with E-state index in [1.807, 2.05) is 23.9 Å². The number of hydrogen-bond acceptors (Lipinski definition) is 4. The molecule has 27 heavy (non-hydrogen) atoms. The van der Waals surface area contributed by atoms with E-state index in [2.05, 4.69) is 19.2 Å². The minimum absolute atomic E-state index is 0.187. The highest BCUT2D eigenvalue weighted by atomic mass is 32.2. The monoisotopic (exact) mass is 412 g/mol. The molecule has 0 aromatic heterocycles. The van der Waals surface area contributed by atoms with Crippen LogP contribution in [-0.2, 0) is 14.8 Å². The van der Waals surface area contributed by atoms with E-state index in [0.717, 1.165) is 17.6 Å². The molecule has 0 saturated heterocycles. The Bertz CT molecular complexity index is 696. The molecule has 0 bridgehead atoms. The van der Waals surface area contributed by atoms with Gasteiger partial charge in [0.15, 0.2) is 0 Å². The van der Waals surface area contributed by atoms with Crippen molar-refractivity contribution in [3.63, 3.8) is 0 Å². The van der Waals surface area contributed by atoms with Gasteiger partial charge in [0.2, 0.25) is 15.9 Å². The van der Waals surface area contributed by atoms with Gasteiger partial charge in [-0.25, -0.2) is 8.42 Å². The van der Waals surface area contributed by atoms with Crippen molar-refractivity contribution in [2.24, 2.45) is 0 Å². The van der Waals surface area contributed by atoms with Crippen LogP contribution in [0.1, 0.15) is 57.4 Å². The summed E-state index contributed by atoms with van der Waals surface area (Å²) in [6.07, 6.45) is 7.63. The number of benzene rings is 1. The van der Waals surface area contributed by atoms with Gasteiger partial charge in [0.1, 0.15) is 6.54 Å². The first-order chi connectivity index (χ1) is 12.8. The summed E-state index contributed by atoms with van der Waals surface area (Å²) in [4.78, 5) is 12.3. The first-order valence-electron chi connectivity index (χ1n) is 9.73. The number of nitrogens with zero attached hydrogens (tertiary/aromatic N) is 1. The highest BCUT2D eigenvalue weighted by Crippen LogP contribution is 2.27. The number of sulfonamides is 1. The lowest BCUT2D eigenvalue weighted by Gasteiger charge is -2.23. The lowest BCUT2D eigenvalue weighted by molar-refractivity contribution is -0.119. The number of nitrogens with one attached hydrogen (secondary N) is 1. The Hall–Kier alpha value is -1.21. The molecule has 1 amide bonds. The van der Waals surface area contributed by atoms with Gasteiger partial charge in [0.25, 0.3) is 0 Å². The average Bonchev–Trinajstić information content (AvgIpc) is 2.63. The first-order valence-corrected chi connectivity index (χ1v) is 12.6. The van der Waals surface area contributed by atoms with Gasteiger partial charge in [-0.05, 0) is 36.5 Å². The molecule has 1 aromatic carbocycles. The van der Waals surface area contributed by atoms with Crippen LogP contribution in [-0.4, -0.2) is 44.7 Å². The van der Waals surface area contributed by atoms with E-state index in [4.69, 9.17) is 0 Å². The van der Waals surface area contributed by atoms with E-state index in [1.165, 1.54) is 36.4 Å². The largest absolute Gasteiger partial charge is 0.354 e. The zero-order valence-electron chi connectivity index (χ0n) is 16.6. The Morgan fingerprint density at radius 2 is 1.81 bits per heavy atom. The lowest BCUT2D eigenvalue weighted by Crippen LogP contribution is -2.41. The maximum absolute atomic E-state index is 12.3. The van der Waals surface area contributed by atoms with Crippen molar-refractivity contribution in [2.75, 3.05) is 29.4 Å². The minimum atomic E-state index is -3.53. The number of amides is 1. The summed E-state index contributed by atoms with van der Waals surface area (Å²) in [6.45, 7) is 4.56. The van der Waals surface area contributed by atoms with Crippen LogP contribution >= 0.6 is 11.8 Å². The molecule has 0 radical (unpaired) electrons.